The number of anilines is 1. The molecule has 98 valence electrons. The Balaban J connectivity index is 2.39. The lowest BCUT2D eigenvalue weighted by molar-refractivity contribution is -0.134. The SMILES string of the molecule is Cc1nc(-c2ccccc2)nc(NCC(=O)O)c1C. The monoisotopic (exact) mass is 257 g/mol. The lowest BCUT2D eigenvalue weighted by atomic mass is 10.2. The summed E-state index contributed by atoms with van der Waals surface area (Å²) in [6, 6.07) is 9.60. The van der Waals surface area contributed by atoms with Crippen molar-refractivity contribution in [2.45, 2.75) is 13.8 Å². The van der Waals surface area contributed by atoms with Crippen LogP contribution in [0.4, 0.5) is 5.82 Å². The molecule has 0 bridgehead atoms. The van der Waals surface area contributed by atoms with Crippen LogP contribution in [0.1, 0.15) is 11.3 Å². The Labute approximate surface area is 111 Å². The average molecular weight is 257 g/mol. The maximum Gasteiger partial charge on any atom is 0.322 e. The third-order valence-corrected chi connectivity index (χ3v) is 2.83. The van der Waals surface area contributed by atoms with Crippen LogP contribution in [0.25, 0.3) is 11.4 Å². The second-order valence-electron chi connectivity index (χ2n) is 4.22. The van der Waals surface area contributed by atoms with E-state index < -0.39 is 5.97 Å². The topological polar surface area (TPSA) is 75.1 Å². The van der Waals surface area contributed by atoms with Gasteiger partial charge in [-0.05, 0) is 13.8 Å². The highest BCUT2D eigenvalue weighted by molar-refractivity contribution is 5.73. The molecule has 2 N–H and O–H groups in total. The fourth-order valence-electron chi connectivity index (χ4n) is 1.68. The first-order valence-corrected chi connectivity index (χ1v) is 5.94. The van der Waals surface area contributed by atoms with Crippen LogP contribution >= 0.6 is 0 Å². The highest BCUT2D eigenvalue weighted by atomic mass is 16.4. The molecule has 0 amide bonds. The van der Waals surface area contributed by atoms with Crippen molar-refractivity contribution in [1.29, 1.82) is 0 Å². The summed E-state index contributed by atoms with van der Waals surface area (Å²) in [6.07, 6.45) is 0. The van der Waals surface area contributed by atoms with E-state index in [0.717, 1.165) is 16.8 Å². The van der Waals surface area contributed by atoms with Crippen molar-refractivity contribution in [2.24, 2.45) is 0 Å². The van der Waals surface area contributed by atoms with Crippen LogP contribution in [-0.4, -0.2) is 27.6 Å². The average Bonchev–Trinajstić information content (AvgIpc) is 2.41. The van der Waals surface area contributed by atoms with Crippen molar-refractivity contribution in [1.82, 2.24) is 9.97 Å². The molecule has 2 aromatic rings. The highest BCUT2D eigenvalue weighted by Gasteiger charge is 2.10. The van der Waals surface area contributed by atoms with E-state index in [0.29, 0.717) is 11.6 Å². The van der Waals surface area contributed by atoms with Crippen molar-refractivity contribution < 1.29 is 9.90 Å². The number of aliphatic carboxylic acids is 1. The number of carboxylic acid groups (broad SMARTS) is 1. The van der Waals surface area contributed by atoms with E-state index in [1.807, 2.05) is 44.2 Å². The first-order chi connectivity index (χ1) is 9.08. The molecular formula is C14H15N3O2. The number of nitrogens with zero attached hydrogens (tertiary/aromatic N) is 2. The van der Waals surface area contributed by atoms with E-state index in [4.69, 9.17) is 5.11 Å². The van der Waals surface area contributed by atoms with Gasteiger partial charge in [0.05, 0.1) is 0 Å². The molecule has 0 aliphatic rings. The Morgan fingerprint density at radius 2 is 1.89 bits per heavy atom. The van der Waals surface area contributed by atoms with Crippen molar-refractivity contribution in [3.8, 4) is 11.4 Å². The molecule has 0 radical (unpaired) electrons. The van der Waals surface area contributed by atoms with E-state index in [1.165, 1.54) is 0 Å². The van der Waals surface area contributed by atoms with Crippen LogP contribution in [0.15, 0.2) is 30.3 Å². The zero-order chi connectivity index (χ0) is 13.8. The fourth-order valence-corrected chi connectivity index (χ4v) is 1.68. The normalized spacial score (nSPS) is 10.2. The number of aromatic nitrogens is 2. The first-order valence-electron chi connectivity index (χ1n) is 5.94. The van der Waals surface area contributed by atoms with Gasteiger partial charge in [-0.3, -0.25) is 4.79 Å². The summed E-state index contributed by atoms with van der Waals surface area (Å²) in [5, 5.41) is 11.5. The van der Waals surface area contributed by atoms with Crippen molar-refractivity contribution in [3.63, 3.8) is 0 Å². The molecule has 1 aromatic heterocycles. The minimum atomic E-state index is -0.920. The van der Waals surface area contributed by atoms with Crippen molar-refractivity contribution in [3.05, 3.63) is 41.6 Å². The Bertz CT molecular complexity index is 597. The summed E-state index contributed by atoms with van der Waals surface area (Å²) < 4.78 is 0. The van der Waals surface area contributed by atoms with Crippen LogP contribution < -0.4 is 5.32 Å². The molecule has 0 unspecified atom stereocenters. The summed E-state index contributed by atoms with van der Waals surface area (Å²) in [5.74, 6) is 0.238. The van der Waals surface area contributed by atoms with E-state index in [2.05, 4.69) is 15.3 Å². The van der Waals surface area contributed by atoms with E-state index in [1.54, 1.807) is 0 Å². The number of carbonyl (C=O) groups is 1. The summed E-state index contributed by atoms with van der Waals surface area (Å²) in [4.78, 5) is 19.4. The van der Waals surface area contributed by atoms with Gasteiger partial charge in [0.1, 0.15) is 12.4 Å². The third kappa shape index (κ3) is 3.07. The summed E-state index contributed by atoms with van der Waals surface area (Å²) in [7, 11) is 0. The van der Waals surface area contributed by atoms with Gasteiger partial charge < -0.3 is 10.4 Å². The van der Waals surface area contributed by atoms with Gasteiger partial charge in [-0.15, -0.1) is 0 Å². The predicted octanol–water partition coefficient (Wildman–Crippen LogP) is 2.26. The van der Waals surface area contributed by atoms with Gasteiger partial charge in [-0.2, -0.15) is 0 Å². The molecule has 2 rings (SSSR count). The summed E-state index contributed by atoms with van der Waals surface area (Å²) >= 11 is 0. The maximum atomic E-state index is 10.6. The molecule has 0 aliphatic heterocycles. The zero-order valence-electron chi connectivity index (χ0n) is 10.8. The Kier molecular flexibility index (Phi) is 3.75. The van der Waals surface area contributed by atoms with Gasteiger partial charge >= 0.3 is 5.97 Å². The number of hydrogen-bond acceptors (Lipinski definition) is 4. The standard InChI is InChI=1S/C14H15N3O2/c1-9-10(2)16-14(11-6-4-3-5-7-11)17-13(9)15-8-12(18)19/h3-7H,8H2,1-2H3,(H,18,19)(H,15,16,17). The van der Waals surface area contributed by atoms with Crippen LogP contribution in [0, 0.1) is 13.8 Å². The number of carboxylic acids is 1. The second kappa shape index (κ2) is 5.48. The number of rotatable bonds is 4. The summed E-state index contributed by atoms with van der Waals surface area (Å²) in [5.41, 5.74) is 2.60. The smallest absolute Gasteiger partial charge is 0.322 e. The molecule has 1 heterocycles. The molecule has 0 atom stereocenters. The third-order valence-electron chi connectivity index (χ3n) is 2.83. The summed E-state index contributed by atoms with van der Waals surface area (Å²) in [6.45, 7) is 3.59. The zero-order valence-corrected chi connectivity index (χ0v) is 10.8. The van der Waals surface area contributed by atoms with Gasteiger partial charge in [0.25, 0.3) is 0 Å². The largest absolute Gasteiger partial charge is 0.480 e. The van der Waals surface area contributed by atoms with E-state index >= 15 is 0 Å². The van der Waals surface area contributed by atoms with Crippen LogP contribution in [0.2, 0.25) is 0 Å². The lowest BCUT2D eigenvalue weighted by Crippen LogP contribution is -2.15. The molecule has 0 saturated carbocycles. The van der Waals surface area contributed by atoms with Crippen molar-refractivity contribution >= 4 is 11.8 Å². The molecule has 0 fully saturated rings. The Morgan fingerprint density at radius 3 is 2.53 bits per heavy atom. The predicted molar refractivity (Wildman–Crippen MR) is 73.1 cm³/mol. The van der Waals surface area contributed by atoms with Crippen LogP contribution in [0.3, 0.4) is 0 Å². The molecule has 0 aliphatic carbocycles. The lowest BCUT2D eigenvalue weighted by Gasteiger charge is -2.11. The van der Waals surface area contributed by atoms with Gasteiger partial charge in [-0.1, -0.05) is 30.3 Å². The molecule has 19 heavy (non-hydrogen) atoms. The number of hydrogen-bond donors (Lipinski definition) is 2. The minimum Gasteiger partial charge on any atom is -0.480 e. The maximum absolute atomic E-state index is 10.6. The molecule has 5 heteroatoms. The Morgan fingerprint density at radius 1 is 1.21 bits per heavy atom. The van der Waals surface area contributed by atoms with Gasteiger partial charge in [0.2, 0.25) is 0 Å². The molecule has 0 spiro atoms. The fraction of sp³-hybridized carbons (Fsp3) is 0.214. The van der Waals surface area contributed by atoms with Crippen molar-refractivity contribution in [2.75, 3.05) is 11.9 Å². The first kappa shape index (κ1) is 13.0. The molecular weight excluding hydrogens is 242 g/mol. The second-order valence-corrected chi connectivity index (χ2v) is 4.22. The molecule has 0 saturated heterocycles. The minimum absolute atomic E-state index is 0.161. The quantitative estimate of drug-likeness (QED) is 0.878. The molecule has 5 nitrogen and oxygen atoms in total. The Hall–Kier alpha value is -2.43. The number of nitrogens with one attached hydrogen (secondary N) is 1. The van der Waals surface area contributed by atoms with Gasteiger partial charge in [0.15, 0.2) is 5.82 Å². The number of aryl methyl sites for hydroxylation is 1. The van der Waals surface area contributed by atoms with Gasteiger partial charge in [0, 0.05) is 16.8 Å². The van der Waals surface area contributed by atoms with Crippen LogP contribution in [0.5, 0.6) is 0 Å². The highest BCUT2D eigenvalue weighted by Crippen LogP contribution is 2.21. The van der Waals surface area contributed by atoms with Crippen LogP contribution in [-0.2, 0) is 4.79 Å². The van der Waals surface area contributed by atoms with Gasteiger partial charge in [-0.25, -0.2) is 9.97 Å². The molecule has 1 aromatic carbocycles. The number of benzene rings is 1. The van der Waals surface area contributed by atoms with E-state index in [-0.39, 0.29) is 6.54 Å². The van der Waals surface area contributed by atoms with E-state index in [9.17, 15) is 4.79 Å².